The fourth-order valence-electron chi connectivity index (χ4n) is 4.24. The van der Waals surface area contributed by atoms with Gasteiger partial charge in [0, 0.05) is 13.0 Å². The highest BCUT2D eigenvalue weighted by Gasteiger charge is 2.39. The smallest absolute Gasteiger partial charge is 0.410 e. The van der Waals surface area contributed by atoms with Crippen molar-refractivity contribution in [2.24, 2.45) is 0 Å². The molecule has 0 radical (unpaired) electrons. The average molecular weight is 384 g/mol. The second kappa shape index (κ2) is 7.56. The molecular formula is C22H25NO3S. The van der Waals surface area contributed by atoms with Gasteiger partial charge in [-0.05, 0) is 46.6 Å². The van der Waals surface area contributed by atoms with Crippen molar-refractivity contribution in [3.05, 3.63) is 59.7 Å². The first-order valence-corrected chi connectivity index (χ1v) is 10.6. The van der Waals surface area contributed by atoms with Crippen LogP contribution in [0.15, 0.2) is 48.5 Å². The van der Waals surface area contributed by atoms with Gasteiger partial charge >= 0.3 is 6.09 Å². The molecule has 0 saturated carbocycles. The molecule has 1 aliphatic carbocycles. The molecule has 0 spiro atoms. The Balaban J connectivity index is 1.51. The number of ether oxygens (including phenoxy) is 1. The number of thioether (sulfide) groups is 1. The summed E-state index contributed by atoms with van der Waals surface area (Å²) in [6.45, 7) is 0.293. The second-order valence-electron chi connectivity index (χ2n) is 7.36. The summed E-state index contributed by atoms with van der Waals surface area (Å²) in [7, 11) is 1.76. The third-order valence-electron chi connectivity index (χ3n) is 6.04. The molecule has 0 aromatic heterocycles. The van der Waals surface area contributed by atoms with Crippen molar-refractivity contribution in [2.75, 3.05) is 31.8 Å². The predicted molar refractivity (Wildman–Crippen MR) is 109 cm³/mol. The topological polar surface area (TPSA) is 49.8 Å². The molecular weight excluding hydrogens is 358 g/mol. The first-order chi connectivity index (χ1) is 13.2. The van der Waals surface area contributed by atoms with E-state index in [2.05, 4.69) is 24.3 Å². The Kier molecular flexibility index (Phi) is 5.15. The molecule has 4 nitrogen and oxygen atoms in total. The summed E-state index contributed by atoms with van der Waals surface area (Å²) in [5.41, 5.74) is 4.37. The van der Waals surface area contributed by atoms with Crippen LogP contribution in [-0.2, 0) is 4.74 Å². The Morgan fingerprint density at radius 1 is 1.11 bits per heavy atom. The highest BCUT2D eigenvalue weighted by molar-refractivity contribution is 7.99. The molecule has 2 aliphatic rings. The highest BCUT2D eigenvalue weighted by Crippen LogP contribution is 2.44. The van der Waals surface area contributed by atoms with E-state index >= 15 is 0 Å². The van der Waals surface area contributed by atoms with Crippen LogP contribution in [0.3, 0.4) is 0 Å². The molecule has 2 aromatic rings. The number of amides is 1. The predicted octanol–water partition coefficient (Wildman–Crippen LogP) is 4.13. The molecule has 2 aromatic carbocycles. The number of aliphatic hydroxyl groups is 1. The summed E-state index contributed by atoms with van der Waals surface area (Å²) in [5.74, 6) is 1.98. The quantitative estimate of drug-likeness (QED) is 0.863. The van der Waals surface area contributed by atoms with Gasteiger partial charge in [-0.25, -0.2) is 4.79 Å². The van der Waals surface area contributed by atoms with Crippen molar-refractivity contribution >= 4 is 17.9 Å². The van der Waals surface area contributed by atoms with Crippen molar-refractivity contribution in [3.8, 4) is 11.1 Å². The van der Waals surface area contributed by atoms with E-state index in [1.165, 1.54) is 22.3 Å². The highest BCUT2D eigenvalue weighted by atomic mass is 32.2. The Labute approximate surface area is 164 Å². The van der Waals surface area contributed by atoms with E-state index in [0.29, 0.717) is 6.61 Å². The van der Waals surface area contributed by atoms with E-state index < -0.39 is 5.54 Å². The maximum atomic E-state index is 12.8. The van der Waals surface area contributed by atoms with Gasteiger partial charge in [0.2, 0.25) is 0 Å². The Morgan fingerprint density at radius 3 is 2.22 bits per heavy atom. The largest absolute Gasteiger partial charge is 0.448 e. The van der Waals surface area contributed by atoms with Gasteiger partial charge in [0.15, 0.2) is 0 Å². The van der Waals surface area contributed by atoms with Gasteiger partial charge in [-0.2, -0.15) is 11.8 Å². The lowest BCUT2D eigenvalue weighted by molar-refractivity contribution is 0.0256. The third kappa shape index (κ3) is 3.23. The van der Waals surface area contributed by atoms with Crippen molar-refractivity contribution in [2.45, 2.75) is 24.3 Å². The normalized spacial score (nSPS) is 17.9. The minimum absolute atomic E-state index is 0.0196. The molecule has 0 atom stereocenters. The lowest BCUT2D eigenvalue weighted by atomic mass is 9.92. The summed E-state index contributed by atoms with van der Waals surface area (Å²) in [6, 6.07) is 16.6. The molecule has 4 rings (SSSR count). The summed E-state index contributed by atoms with van der Waals surface area (Å²) >= 11 is 1.87. The van der Waals surface area contributed by atoms with Gasteiger partial charge < -0.3 is 14.7 Å². The van der Waals surface area contributed by atoms with E-state index in [0.717, 1.165) is 24.3 Å². The summed E-state index contributed by atoms with van der Waals surface area (Å²) in [6.07, 6.45) is 1.25. The van der Waals surface area contributed by atoms with Crippen molar-refractivity contribution in [3.63, 3.8) is 0 Å². The molecule has 0 bridgehead atoms. The van der Waals surface area contributed by atoms with Crippen LogP contribution in [0.25, 0.3) is 11.1 Å². The number of benzene rings is 2. The summed E-state index contributed by atoms with van der Waals surface area (Å²) in [5, 5.41) is 9.94. The Bertz CT molecular complexity index is 786. The maximum absolute atomic E-state index is 12.8. The lowest BCUT2D eigenvalue weighted by Crippen LogP contribution is -2.54. The van der Waals surface area contributed by atoms with Crippen molar-refractivity contribution < 1.29 is 14.6 Å². The van der Waals surface area contributed by atoms with Crippen LogP contribution in [0.2, 0.25) is 0 Å². The molecule has 1 fully saturated rings. The molecule has 1 amide bonds. The summed E-state index contributed by atoms with van der Waals surface area (Å²) < 4.78 is 5.75. The number of hydrogen-bond acceptors (Lipinski definition) is 4. The van der Waals surface area contributed by atoms with Crippen LogP contribution in [0, 0.1) is 0 Å². The average Bonchev–Trinajstić information content (AvgIpc) is 3.06. The van der Waals surface area contributed by atoms with Crippen LogP contribution in [0.1, 0.15) is 29.9 Å². The minimum Gasteiger partial charge on any atom is -0.448 e. The van der Waals surface area contributed by atoms with Crippen LogP contribution in [0.5, 0.6) is 0 Å². The SMILES string of the molecule is CN(C(=O)OCC1c2ccccc2-c2ccccc21)C1(CO)CCSCC1. The van der Waals surface area contributed by atoms with Gasteiger partial charge in [-0.3, -0.25) is 0 Å². The van der Waals surface area contributed by atoms with E-state index in [-0.39, 0.29) is 18.6 Å². The summed E-state index contributed by atoms with van der Waals surface area (Å²) in [4.78, 5) is 14.4. The zero-order chi connectivity index (χ0) is 18.9. The Morgan fingerprint density at radius 2 is 1.67 bits per heavy atom. The molecule has 1 N–H and O–H groups in total. The molecule has 1 aliphatic heterocycles. The first-order valence-electron chi connectivity index (χ1n) is 9.44. The van der Waals surface area contributed by atoms with Crippen LogP contribution >= 0.6 is 11.8 Å². The number of nitrogens with zero attached hydrogens (tertiary/aromatic N) is 1. The third-order valence-corrected chi connectivity index (χ3v) is 7.02. The van der Waals surface area contributed by atoms with Gasteiger partial charge in [-0.1, -0.05) is 48.5 Å². The van der Waals surface area contributed by atoms with Gasteiger partial charge in [-0.15, -0.1) is 0 Å². The maximum Gasteiger partial charge on any atom is 0.410 e. The number of carbonyl (C=O) groups is 1. The van der Waals surface area contributed by atoms with Crippen LogP contribution in [-0.4, -0.2) is 53.4 Å². The van der Waals surface area contributed by atoms with Gasteiger partial charge in [0.05, 0.1) is 12.1 Å². The number of hydrogen-bond donors (Lipinski definition) is 1. The van der Waals surface area contributed by atoms with E-state index in [1.54, 1.807) is 11.9 Å². The zero-order valence-corrected chi connectivity index (χ0v) is 16.4. The van der Waals surface area contributed by atoms with Crippen LogP contribution < -0.4 is 0 Å². The monoisotopic (exact) mass is 383 g/mol. The number of carbonyl (C=O) groups excluding carboxylic acids is 1. The fraction of sp³-hybridized carbons (Fsp3) is 0.409. The van der Waals surface area contributed by atoms with Crippen molar-refractivity contribution in [1.82, 2.24) is 4.90 Å². The molecule has 5 heteroatoms. The van der Waals surface area contributed by atoms with Gasteiger partial charge in [0.1, 0.15) is 6.61 Å². The minimum atomic E-state index is -0.492. The van der Waals surface area contributed by atoms with E-state index in [9.17, 15) is 9.90 Å². The number of aliphatic hydroxyl groups excluding tert-OH is 1. The molecule has 1 heterocycles. The van der Waals surface area contributed by atoms with E-state index in [4.69, 9.17) is 4.74 Å². The van der Waals surface area contributed by atoms with Gasteiger partial charge in [0.25, 0.3) is 0 Å². The molecule has 142 valence electrons. The van der Waals surface area contributed by atoms with Crippen LogP contribution in [0.4, 0.5) is 4.79 Å². The van der Waals surface area contributed by atoms with Crippen molar-refractivity contribution in [1.29, 1.82) is 0 Å². The standard InChI is InChI=1S/C22H25NO3S/c1-23(22(15-24)10-12-27-13-11-22)21(25)26-14-20-18-8-4-2-6-16(18)17-7-3-5-9-19(17)20/h2-9,20,24H,10-15H2,1H3. The number of rotatable bonds is 4. The Hall–Kier alpha value is -1.98. The fourth-order valence-corrected chi connectivity index (χ4v) is 5.49. The molecule has 1 saturated heterocycles. The zero-order valence-electron chi connectivity index (χ0n) is 15.6. The molecule has 27 heavy (non-hydrogen) atoms. The second-order valence-corrected chi connectivity index (χ2v) is 8.58. The number of likely N-dealkylation sites (N-methyl/N-ethyl adjacent to an activating group) is 1. The number of fused-ring (bicyclic) bond motifs is 3. The first kappa shape index (κ1) is 18.4. The lowest BCUT2D eigenvalue weighted by Gasteiger charge is -2.42. The molecule has 0 unspecified atom stereocenters. The van der Waals surface area contributed by atoms with E-state index in [1.807, 2.05) is 36.0 Å².